The number of rotatable bonds is 6. The van der Waals surface area contributed by atoms with Crippen molar-refractivity contribution in [3.05, 3.63) is 59.2 Å². The van der Waals surface area contributed by atoms with E-state index in [9.17, 15) is 4.79 Å². The number of hydrogen-bond donors (Lipinski definition) is 1. The molecular formula is C16H19N3O2. The molecule has 0 aliphatic heterocycles. The van der Waals surface area contributed by atoms with Crippen LogP contribution in [-0.4, -0.2) is 39.5 Å². The van der Waals surface area contributed by atoms with Crippen LogP contribution < -0.4 is 0 Å². The maximum atomic E-state index is 11.2. The summed E-state index contributed by atoms with van der Waals surface area (Å²) in [4.78, 5) is 21.7. The molecule has 5 heteroatoms. The van der Waals surface area contributed by atoms with Crippen molar-refractivity contribution in [2.75, 3.05) is 13.6 Å². The monoisotopic (exact) mass is 285 g/mol. The SMILES string of the molecule is Cc1nccc(CN(C)CCc2ccccc2C(=O)O)n1. The lowest BCUT2D eigenvalue weighted by atomic mass is 10.0. The summed E-state index contributed by atoms with van der Waals surface area (Å²) >= 11 is 0. The van der Waals surface area contributed by atoms with E-state index >= 15 is 0 Å². The quantitative estimate of drug-likeness (QED) is 0.881. The number of carboxylic acid groups (broad SMARTS) is 1. The minimum absolute atomic E-state index is 0.379. The molecule has 0 saturated heterocycles. The zero-order valence-electron chi connectivity index (χ0n) is 12.3. The van der Waals surface area contributed by atoms with Gasteiger partial charge < -0.3 is 10.0 Å². The van der Waals surface area contributed by atoms with Gasteiger partial charge in [0.05, 0.1) is 11.3 Å². The summed E-state index contributed by atoms with van der Waals surface area (Å²) in [7, 11) is 2.00. The summed E-state index contributed by atoms with van der Waals surface area (Å²) in [6, 6.07) is 9.03. The van der Waals surface area contributed by atoms with E-state index in [-0.39, 0.29) is 0 Å². The van der Waals surface area contributed by atoms with Gasteiger partial charge in [-0.1, -0.05) is 18.2 Å². The number of aromatic carboxylic acids is 1. The molecule has 0 atom stereocenters. The highest BCUT2D eigenvalue weighted by Crippen LogP contribution is 2.10. The Bertz CT molecular complexity index is 628. The Morgan fingerprint density at radius 2 is 2.05 bits per heavy atom. The lowest BCUT2D eigenvalue weighted by Crippen LogP contribution is -2.22. The Balaban J connectivity index is 1.95. The Morgan fingerprint density at radius 1 is 1.29 bits per heavy atom. The van der Waals surface area contributed by atoms with E-state index in [1.165, 1.54) is 0 Å². The van der Waals surface area contributed by atoms with Crippen LogP contribution in [0.3, 0.4) is 0 Å². The molecule has 5 nitrogen and oxygen atoms in total. The van der Waals surface area contributed by atoms with Crippen LogP contribution >= 0.6 is 0 Å². The van der Waals surface area contributed by atoms with Gasteiger partial charge in [0.2, 0.25) is 0 Å². The second-order valence-corrected chi connectivity index (χ2v) is 5.05. The smallest absolute Gasteiger partial charge is 0.335 e. The fourth-order valence-corrected chi connectivity index (χ4v) is 2.21. The molecule has 1 N–H and O–H groups in total. The van der Waals surface area contributed by atoms with Crippen molar-refractivity contribution in [3.63, 3.8) is 0 Å². The van der Waals surface area contributed by atoms with E-state index in [2.05, 4.69) is 14.9 Å². The Kier molecular flexibility index (Phi) is 5.00. The van der Waals surface area contributed by atoms with Gasteiger partial charge in [0, 0.05) is 19.3 Å². The summed E-state index contributed by atoms with van der Waals surface area (Å²) < 4.78 is 0. The molecule has 0 amide bonds. The predicted octanol–water partition coefficient (Wildman–Crippen LogP) is 2.16. The number of likely N-dealkylation sites (N-methyl/N-ethyl adjacent to an activating group) is 1. The third kappa shape index (κ3) is 4.36. The van der Waals surface area contributed by atoms with E-state index in [0.29, 0.717) is 12.0 Å². The van der Waals surface area contributed by atoms with E-state index in [1.807, 2.05) is 32.2 Å². The Hall–Kier alpha value is -2.27. The number of carbonyl (C=O) groups is 1. The van der Waals surface area contributed by atoms with E-state index < -0.39 is 5.97 Å². The Morgan fingerprint density at radius 3 is 2.76 bits per heavy atom. The highest BCUT2D eigenvalue weighted by Gasteiger charge is 2.10. The number of benzene rings is 1. The second-order valence-electron chi connectivity index (χ2n) is 5.05. The number of carboxylic acids is 1. The van der Waals surface area contributed by atoms with Crippen molar-refractivity contribution in [2.24, 2.45) is 0 Å². The van der Waals surface area contributed by atoms with Gasteiger partial charge in [-0.15, -0.1) is 0 Å². The highest BCUT2D eigenvalue weighted by atomic mass is 16.4. The van der Waals surface area contributed by atoms with Crippen LogP contribution in [0.1, 0.15) is 27.4 Å². The lowest BCUT2D eigenvalue weighted by Gasteiger charge is -2.16. The third-order valence-electron chi connectivity index (χ3n) is 3.28. The van der Waals surface area contributed by atoms with E-state index in [4.69, 9.17) is 5.11 Å². The van der Waals surface area contributed by atoms with Crippen molar-refractivity contribution in [1.29, 1.82) is 0 Å². The molecule has 0 saturated carbocycles. The van der Waals surface area contributed by atoms with Crippen LogP contribution in [-0.2, 0) is 13.0 Å². The summed E-state index contributed by atoms with van der Waals surface area (Å²) in [6.45, 7) is 3.36. The first-order chi connectivity index (χ1) is 10.1. The molecule has 0 bridgehead atoms. The molecule has 0 unspecified atom stereocenters. The van der Waals surface area contributed by atoms with Crippen LogP contribution in [0.25, 0.3) is 0 Å². The molecule has 0 aliphatic rings. The molecule has 21 heavy (non-hydrogen) atoms. The average molecular weight is 285 g/mol. The molecule has 2 rings (SSSR count). The largest absolute Gasteiger partial charge is 0.478 e. The topological polar surface area (TPSA) is 66.3 Å². The van der Waals surface area contributed by atoms with E-state index in [1.54, 1.807) is 18.3 Å². The molecule has 0 fully saturated rings. The molecule has 2 aromatic rings. The minimum atomic E-state index is -0.875. The highest BCUT2D eigenvalue weighted by molar-refractivity contribution is 5.89. The van der Waals surface area contributed by atoms with Crippen molar-refractivity contribution in [1.82, 2.24) is 14.9 Å². The maximum Gasteiger partial charge on any atom is 0.335 e. The Labute approximate surface area is 124 Å². The zero-order valence-corrected chi connectivity index (χ0v) is 12.3. The van der Waals surface area contributed by atoms with Crippen molar-refractivity contribution in [2.45, 2.75) is 19.9 Å². The third-order valence-corrected chi connectivity index (χ3v) is 3.28. The molecule has 1 heterocycles. The summed E-state index contributed by atoms with van der Waals surface area (Å²) in [5, 5.41) is 9.17. The van der Waals surface area contributed by atoms with Gasteiger partial charge in [-0.3, -0.25) is 0 Å². The first-order valence-electron chi connectivity index (χ1n) is 6.84. The second kappa shape index (κ2) is 6.95. The van der Waals surface area contributed by atoms with Crippen molar-refractivity contribution < 1.29 is 9.90 Å². The number of aromatic nitrogens is 2. The number of hydrogen-bond acceptors (Lipinski definition) is 4. The van der Waals surface area contributed by atoms with E-state index in [0.717, 1.165) is 30.2 Å². The van der Waals surface area contributed by atoms with Crippen molar-refractivity contribution >= 4 is 5.97 Å². The number of aryl methyl sites for hydroxylation is 1. The van der Waals surface area contributed by atoms with Crippen LogP contribution in [0.15, 0.2) is 36.5 Å². The normalized spacial score (nSPS) is 10.8. The average Bonchev–Trinajstić information content (AvgIpc) is 2.45. The van der Waals surface area contributed by atoms with Gasteiger partial charge in [0.25, 0.3) is 0 Å². The lowest BCUT2D eigenvalue weighted by molar-refractivity contribution is 0.0695. The maximum absolute atomic E-state index is 11.2. The molecule has 1 aromatic carbocycles. The van der Waals surface area contributed by atoms with Crippen LogP contribution in [0.2, 0.25) is 0 Å². The molecule has 0 aliphatic carbocycles. The molecular weight excluding hydrogens is 266 g/mol. The van der Waals surface area contributed by atoms with Crippen LogP contribution in [0, 0.1) is 6.92 Å². The summed E-state index contributed by atoms with van der Waals surface area (Å²) in [5.41, 5.74) is 2.20. The molecule has 0 spiro atoms. The summed E-state index contributed by atoms with van der Waals surface area (Å²) in [6.07, 6.45) is 2.45. The predicted molar refractivity (Wildman–Crippen MR) is 80.2 cm³/mol. The standard InChI is InChI=1S/C16H19N3O2/c1-12-17-9-7-14(18-12)11-19(2)10-8-13-5-3-4-6-15(13)16(20)21/h3-7,9H,8,10-11H2,1-2H3,(H,20,21). The van der Waals surface area contributed by atoms with Gasteiger partial charge in [-0.25, -0.2) is 14.8 Å². The van der Waals surface area contributed by atoms with Crippen LogP contribution in [0.4, 0.5) is 0 Å². The van der Waals surface area contributed by atoms with Crippen molar-refractivity contribution in [3.8, 4) is 0 Å². The minimum Gasteiger partial charge on any atom is -0.478 e. The number of nitrogens with zero attached hydrogens (tertiary/aromatic N) is 3. The molecule has 110 valence electrons. The molecule has 0 radical (unpaired) electrons. The van der Waals surface area contributed by atoms with Gasteiger partial charge >= 0.3 is 5.97 Å². The van der Waals surface area contributed by atoms with Gasteiger partial charge in [-0.2, -0.15) is 0 Å². The van der Waals surface area contributed by atoms with Gasteiger partial charge in [0.1, 0.15) is 5.82 Å². The van der Waals surface area contributed by atoms with Gasteiger partial charge in [0.15, 0.2) is 0 Å². The van der Waals surface area contributed by atoms with Crippen LogP contribution in [0.5, 0.6) is 0 Å². The fourth-order valence-electron chi connectivity index (χ4n) is 2.21. The zero-order chi connectivity index (χ0) is 15.2. The molecule has 1 aromatic heterocycles. The first-order valence-corrected chi connectivity index (χ1v) is 6.84. The van der Waals surface area contributed by atoms with Gasteiger partial charge in [-0.05, 0) is 38.1 Å². The fraction of sp³-hybridized carbons (Fsp3) is 0.312. The summed E-state index contributed by atoms with van der Waals surface area (Å²) in [5.74, 6) is -0.114. The first kappa shape index (κ1) is 15.1.